The zero-order valence-electron chi connectivity index (χ0n) is 14.1. The van der Waals surface area contributed by atoms with E-state index >= 15 is 0 Å². The van der Waals surface area contributed by atoms with Gasteiger partial charge in [0.05, 0.1) is 6.61 Å². The Bertz CT molecular complexity index is 692. The first-order chi connectivity index (χ1) is 11.6. The first-order valence-corrected chi connectivity index (χ1v) is 8.53. The van der Waals surface area contributed by atoms with Crippen molar-refractivity contribution in [2.75, 3.05) is 13.2 Å². The average molecular weight is 403 g/mol. The first-order valence-electron chi connectivity index (χ1n) is 7.78. The molecule has 2 rings (SSSR count). The van der Waals surface area contributed by atoms with Gasteiger partial charge in [-0.3, -0.25) is 0 Å². The molecule has 0 amide bonds. The number of rotatable bonds is 9. The van der Waals surface area contributed by atoms with E-state index in [9.17, 15) is 0 Å². The summed E-state index contributed by atoms with van der Waals surface area (Å²) < 4.78 is 11.6. The van der Waals surface area contributed by atoms with E-state index in [1.807, 2.05) is 37.3 Å². The molecule has 0 radical (unpaired) electrons. The second kappa shape index (κ2) is 11.3. The summed E-state index contributed by atoms with van der Waals surface area (Å²) in [7, 11) is 0. The van der Waals surface area contributed by atoms with Gasteiger partial charge in [-0.1, -0.05) is 41.4 Å². The molecule has 0 saturated carbocycles. The molecule has 0 aliphatic heterocycles. The van der Waals surface area contributed by atoms with Crippen molar-refractivity contribution in [2.45, 2.75) is 20.1 Å². The molecule has 2 aromatic carbocycles. The molecule has 0 saturated heterocycles. The lowest BCUT2D eigenvalue weighted by Gasteiger charge is -2.14. The Kier molecular flexibility index (Phi) is 9.76. The van der Waals surface area contributed by atoms with Crippen LogP contribution in [-0.4, -0.2) is 13.2 Å². The van der Waals surface area contributed by atoms with Crippen molar-refractivity contribution in [2.24, 2.45) is 0 Å². The summed E-state index contributed by atoms with van der Waals surface area (Å²) in [5.41, 5.74) is 2.00. The van der Waals surface area contributed by atoms with Gasteiger partial charge in [0.1, 0.15) is 6.61 Å². The monoisotopic (exact) mass is 401 g/mol. The van der Waals surface area contributed by atoms with Crippen LogP contribution in [0.4, 0.5) is 0 Å². The number of nitrogens with one attached hydrogen (secondary N) is 1. The SMILES string of the molecule is C=CCNCc1ccc(OCc2ccc(Cl)cc2Cl)c(OCC)c1.Cl. The normalized spacial score (nSPS) is 10.0. The number of hydrogen-bond acceptors (Lipinski definition) is 3. The zero-order valence-corrected chi connectivity index (χ0v) is 16.4. The maximum absolute atomic E-state index is 6.18. The molecule has 0 unspecified atom stereocenters. The van der Waals surface area contributed by atoms with Crippen LogP contribution in [0.15, 0.2) is 49.1 Å². The Morgan fingerprint density at radius 3 is 2.56 bits per heavy atom. The maximum Gasteiger partial charge on any atom is 0.161 e. The molecule has 2 aromatic rings. The summed E-state index contributed by atoms with van der Waals surface area (Å²) in [6.07, 6.45) is 1.83. The quantitative estimate of drug-likeness (QED) is 0.433. The lowest BCUT2D eigenvalue weighted by atomic mass is 10.2. The van der Waals surface area contributed by atoms with Crippen LogP contribution in [-0.2, 0) is 13.2 Å². The van der Waals surface area contributed by atoms with Crippen LogP contribution < -0.4 is 14.8 Å². The molecule has 3 nitrogen and oxygen atoms in total. The van der Waals surface area contributed by atoms with E-state index in [4.69, 9.17) is 32.7 Å². The number of halogens is 3. The molecule has 0 aliphatic rings. The molecule has 0 aliphatic carbocycles. The predicted octanol–water partition coefficient (Wildman–Crippen LogP) is 5.67. The van der Waals surface area contributed by atoms with E-state index in [0.29, 0.717) is 29.0 Å². The maximum atomic E-state index is 6.18. The van der Waals surface area contributed by atoms with Gasteiger partial charge in [-0.05, 0) is 36.8 Å². The van der Waals surface area contributed by atoms with Gasteiger partial charge >= 0.3 is 0 Å². The fourth-order valence-electron chi connectivity index (χ4n) is 2.16. The second-order valence-corrected chi connectivity index (χ2v) is 6.00. The number of ether oxygens (including phenoxy) is 2. The minimum atomic E-state index is 0. The van der Waals surface area contributed by atoms with Crippen LogP contribution in [0.2, 0.25) is 10.0 Å². The van der Waals surface area contributed by atoms with Gasteiger partial charge in [-0.2, -0.15) is 0 Å². The molecule has 0 aromatic heterocycles. The summed E-state index contributed by atoms with van der Waals surface area (Å²) in [4.78, 5) is 0. The van der Waals surface area contributed by atoms with E-state index in [2.05, 4.69) is 11.9 Å². The molecule has 0 fully saturated rings. The van der Waals surface area contributed by atoms with Crippen LogP contribution in [0.5, 0.6) is 11.5 Å². The largest absolute Gasteiger partial charge is 0.490 e. The molecule has 0 spiro atoms. The molecule has 6 heteroatoms. The highest BCUT2D eigenvalue weighted by atomic mass is 35.5. The van der Waals surface area contributed by atoms with E-state index in [0.717, 1.165) is 30.0 Å². The topological polar surface area (TPSA) is 30.5 Å². The minimum Gasteiger partial charge on any atom is -0.490 e. The van der Waals surface area contributed by atoms with Gasteiger partial charge in [0.25, 0.3) is 0 Å². The highest BCUT2D eigenvalue weighted by Gasteiger charge is 2.08. The lowest BCUT2D eigenvalue weighted by Crippen LogP contribution is -2.12. The predicted molar refractivity (Wildman–Crippen MR) is 108 cm³/mol. The van der Waals surface area contributed by atoms with E-state index < -0.39 is 0 Å². The minimum absolute atomic E-state index is 0. The Hall–Kier alpha value is -1.39. The van der Waals surface area contributed by atoms with Crippen LogP contribution in [0, 0.1) is 0 Å². The van der Waals surface area contributed by atoms with Gasteiger partial charge in [0.15, 0.2) is 11.5 Å². The van der Waals surface area contributed by atoms with Gasteiger partial charge < -0.3 is 14.8 Å². The molecule has 0 atom stereocenters. The Labute approximate surface area is 165 Å². The second-order valence-electron chi connectivity index (χ2n) is 5.16. The third kappa shape index (κ3) is 6.79. The van der Waals surface area contributed by atoms with Crippen molar-refractivity contribution in [3.63, 3.8) is 0 Å². The van der Waals surface area contributed by atoms with Gasteiger partial charge in [0.2, 0.25) is 0 Å². The van der Waals surface area contributed by atoms with Gasteiger partial charge in [-0.25, -0.2) is 0 Å². The summed E-state index contributed by atoms with van der Waals surface area (Å²) >= 11 is 12.1. The van der Waals surface area contributed by atoms with E-state index in [1.165, 1.54) is 0 Å². The highest BCUT2D eigenvalue weighted by Crippen LogP contribution is 2.30. The summed E-state index contributed by atoms with van der Waals surface area (Å²) in [6.45, 7) is 8.07. The van der Waals surface area contributed by atoms with E-state index in [1.54, 1.807) is 12.1 Å². The number of benzene rings is 2. The van der Waals surface area contributed by atoms with Crippen LogP contribution in [0.1, 0.15) is 18.1 Å². The van der Waals surface area contributed by atoms with E-state index in [-0.39, 0.29) is 12.4 Å². The third-order valence-electron chi connectivity index (χ3n) is 3.32. The zero-order chi connectivity index (χ0) is 17.4. The van der Waals surface area contributed by atoms with Crippen LogP contribution >= 0.6 is 35.6 Å². The molecule has 0 heterocycles. The molecular weight excluding hydrogens is 381 g/mol. The first kappa shape index (κ1) is 21.7. The fraction of sp³-hybridized carbons (Fsp3) is 0.263. The molecule has 1 N–H and O–H groups in total. The molecule has 136 valence electrons. The van der Waals surface area contributed by atoms with Crippen molar-refractivity contribution in [3.05, 3.63) is 70.2 Å². The lowest BCUT2D eigenvalue weighted by molar-refractivity contribution is 0.269. The van der Waals surface area contributed by atoms with Crippen LogP contribution in [0.25, 0.3) is 0 Å². The average Bonchev–Trinajstić information content (AvgIpc) is 2.56. The van der Waals surface area contributed by atoms with Crippen molar-refractivity contribution >= 4 is 35.6 Å². The van der Waals surface area contributed by atoms with Crippen LogP contribution in [0.3, 0.4) is 0 Å². The smallest absolute Gasteiger partial charge is 0.161 e. The fourth-order valence-corrected chi connectivity index (χ4v) is 2.63. The molecular formula is C19H22Cl3NO2. The van der Waals surface area contributed by atoms with Gasteiger partial charge in [0, 0.05) is 28.7 Å². The standard InChI is InChI=1S/C19H21Cl2NO2.ClH/c1-3-9-22-12-14-5-8-18(19(10-14)23-4-2)24-13-15-6-7-16(20)11-17(15)21;/h3,5-8,10-11,22H,1,4,9,12-13H2,2H3;1H. The summed E-state index contributed by atoms with van der Waals surface area (Å²) in [6, 6.07) is 11.3. The number of hydrogen-bond donors (Lipinski definition) is 1. The summed E-state index contributed by atoms with van der Waals surface area (Å²) in [5, 5.41) is 4.46. The van der Waals surface area contributed by atoms with Gasteiger partial charge in [-0.15, -0.1) is 19.0 Å². The molecule has 0 bridgehead atoms. The van der Waals surface area contributed by atoms with Crippen molar-refractivity contribution in [1.82, 2.24) is 5.32 Å². The molecule has 25 heavy (non-hydrogen) atoms. The highest BCUT2D eigenvalue weighted by molar-refractivity contribution is 6.35. The summed E-state index contributed by atoms with van der Waals surface area (Å²) in [5.74, 6) is 1.41. The van der Waals surface area contributed by atoms with Crippen molar-refractivity contribution in [3.8, 4) is 11.5 Å². The third-order valence-corrected chi connectivity index (χ3v) is 3.91. The van der Waals surface area contributed by atoms with Crippen molar-refractivity contribution in [1.29, 1.82) is 0 Å². The Balaban J connectivity index is 0.00000312. The van der Waals surface area contributed by atoms with Crippen molar-refractivity contribution < 1.29 is 9.47 Å². The Morgan fingerprint density at radius 1 is 1.08 bits per heavy atom. The Morgan fingerprint density at radius 2 is 1.88 bits per heavy atom.